The quantitative estimate of drug-likeness (QED) is 0.658. The summed E-state index contributed by atoms with van der Waals surface area (Å²) in [6, 6.07) is 9.01. The predicted molar refractivity (Wildman–Crippen MR) is 67.0 cm³/mol. The number of unbranched alkanes of at least 4 members (excludes halogenated alkanes) is 1. The molecule has 0 fully saturated rings. The average Bonchev–Trinajstić information content (AvgIpc) is 2.26. The molecule has 0 radical (unpaired) electrons. The second-order valence-corrected chi connectivity index (χ2v) is 4.83. The van der Waals surface area contributed by atoms with Crippen LogP contribution in [-0.4, -0.2) is 0 Å². The molecule has 0 aliphatic heterocycles. The molecule has 1 unspecified atom stereocenters. The van der Waals surface area contributed by atoms with Gasteiger partial charge in [-0.25, -0.2) is 0 Å². The lowest BCUT2D eigenvalue weighted by Gasteiger charge is -2.07. The number of hydrogen-bond donors (Lipinski definition) is 0. The van der Waals surface area contributed by atoms with E-state index < -0.39 is 0 Å². The van der Waals surface area contributed by atoms with Gasteiger partial charge in [-0.05, 0) is 30.4 Å². The summed E-state index contributed by atoms with van der Waals surface area (Å²) in [5.74, 6) is 0. The molecule has 1 rings (SSSR count). The first-order valence-corrected chi connectivity index (χ1v) is 6.42. The third kappa shape index (κ3) is 3.45. The van der Waals surface area contributed by atoms with Gasteiger partial charge >= 0.3 is 0 Å². The molecule has 0 aliphatic carbocycles. The van der Waals surface area contributed by atoms with Crippen LogP contribution in [-0.2, 0) is 6.42 Å². The van der Waals surface area contributed by atoms with Crippen molar-refractivity contribution in [3.8, 4) is 0 Å². The number of benzene rings is 1. The first-order chi connectivity index (χ1) is 6.77. The van der Waals surface area contributed by atoms with Gasteiger partial charge in [-0.1, -0.05) is 60.5 Å². The minimum Gasteiger partial charge on any atom is -0.0839 e. The lowest BCUT2D eigenvalue weighted by molar-refractivity contribution is 0.794. The van der Waals surface area contributed by atoms with Crippen LogP contribution in [0, 0.1) is 0 Å². The van der Waals surface area contributed by atoms with Gasteiger partial charge in [0.25, 0.3) is 0 Å². The molecule has 0 amide bonds. The molecule has 1 aromatic carbocycles. The van der Waals surface area contributed by atoms with Gasteiger partial charge < -0.3 is 0 Å². The summed E-state index contributed by atoms with van der Waals surface area (Å²) < 4.78 is 0. The van der Waals surface area contributed by atoms with Crippen LogP contribution in [0.4, 0.5) is 0 Å². The maximum Gasteiger partial charge on any atom is 0.0392 e. The summed E-state index contributed by atoms with van der Waals surface area (Å²) in [6.45, 7) is 4.43. The highest BCUT2D eigenvalue weighted by Gasteiger charge is 2.03. The van der Waals surface area contributed by atoms with Crippen molar-refractivity contribution in [1.29, 1.82) is 0 Å². The summed E-state index contributed by atoms with van der Waals surface area (Å²) in [4.78, 5) is 0.516. The molecule has 14 heavy (non-hydrogen) atoms. The summed E-state index contributed by atoms with van der Waals surface area (Å²) in [5.41, 5.74) is 2.86. The first kappa shape index (κ1) is 11.8. The highest BCUT2D eigenvalue weighted by molar-refractivity contribution is 9.09. The Labute approximate surface area is 95.9 Å². The van der Waals surface area contributed by atoms with E-state index in [2.05, 4.69) is 54.0 Å². The van der Waals surface area contributed by atoms with Crippen LogP contribution in [0.1, 0.15) is 49.1 Å². The van der Waals surface area contributed by atoms with Crippen molar-refractivity contribution in [2.24, 2.45) is 0 Å². The Bertz CT molecular complexity index is 250. The number of halogens is 1. The monoisotopic (exact) mass is 254 g/mol. The van der Waals surface area contributed by atoms with E-state index in [4.69, 9.17) is 0 Å². The van der Waals surface area contributed by atoms with Crippen molar-refractivity contribution < 1.29 is 0 Å². The van der Waals surface area contributed by atoms with Gasteiger partial charge in [0.05, 0.1) is 0 Å². The smallest absolute Gasteiger partial charge is 0.0392 e. The summed E-state index contributed by atoms with van der Waals surface area (Å²) in [7, 11) is 0. The van der Waals surface area contributed by atoms with E-state index in [0.717, 1.165) is 6.42 Å². The van der Waals surface area contributed by atoms with E-state index in [-0.39, 0.29) is 0 Å². The molecule has 1 heteroatoms. The van der Waals surface area contributed by atoms with E-state index >= 15 is 0 Å². The number of aryl methyl sites for hydroxylation is 1. The molecular formula is C13H19Br. The van der Waals surface area contributed by atoms with Crippen molar-refractivity contribution in [3.05, 3.63) is 35.4 Å². The molecule has 0 saturated carbocycles. The van der Waals surface area contributed by atoms with Gasteiger partial charge in [-0.2, -0.15) is 0 Å². The lowest BCUT2D eigenvalue weighted by atomic mass is 10.0. The maximum absolute atomic E-state index is 3.66. The van der Waals surface area contributed by atoms with Gasteiger partial charge in [-0.15, -0.1) is 0 Å². The molecule has 0 spiro atoms. The number of alkyl halides is 1. The third-order valence-corrected chi connectivity index (χ3v) is 3.69. The minimum absolute atomic E-state index is 0.516. The van der Waals surface area contributed by atoms with Crippen LogP contribution < -0.4 is 0 Å². The van der Waals surface area contributed by atoms with Crippen LogP contribution in [0.25, 0.3) is 0 Å². The van der Waals surface area contributed by atoms with Crippen molar-refractivity contribution in [1.82, 2.24) is 0 Å². The van der Waals surface area contributed by atoms with Crippen LogP contribution >= 0.6 is 15.9 Å². The highest BCUT2D eigenvalue weighted by Crippen LogP contribution is 2.26. The Kier molecular flexibility index (Phi) is 5.24. The molecule has 0 saturated heterocycles. The highest BCUT2D eigenvalue weighted by atomic mass is 79.9. The molecular weight excluding hydrogens is 236 g/mol. The molecule has 0 nitrogen and oxygen atoms in total. The maximum atomic E-state index is 3.66. The standard InChI is InChI=1S/C13H19Br/c1-3-5-6-11-7-9-12(10-8-11)13(14)4-2/h7-10,13H,3-6H2,1-2H3. The lowest BCUT2D eigenvalue weighted by Crippen LogP contribution is -1.89. The van der Waals surface area contributed by atoms with E-state index in [1.54, 1.807) is 0 Å². The Balaban J connectivity index is 2.59. The third-order valence-electron chi connectivity index (χ3n) is 2.52. The second-order valence-electron chi connectivity index (χ2n) is 3.72. The minimum atomic E-state index is 0.516. The van der Waals surface area contributed by atoms with E-state index in [9.17, 15) is 0 Å². The van der Waals surface area contributed by atoms with E-state index in [1.807, 2.05) is 0 Å². The van der Waals surface area contributed by atoms with Crippen LogP contribution in [0.5, 0.6) is 0 Å². The van der Waals surface area contributed by atoms with E-state index in [0.29, 0.717) is 4.83 Å². The first-order valence-electron chi connectivity index (χ1n) is 5.50. The second kappa shape index (κ2) is 6.23. The molecule has 1 atom stereocenters. The SMILES string of the molecule is CCCCc1ccc(C(Br)CC)cc1. The molecule has 1 aromatic rings. The Morgan fingerprint density at radius 2 is 1.79 bits per heavy atom. The predicted octanol–water partition coefficient (Wildman–Crippen LogP) is 4.88. The van der Waals surface area contributed by atoms with Gasteiger partial charge in [-0.3, -0.25) is 0 Å². The van der Waals surface area contributed by atoms with Gasteiger partial charge in [0.15, 0.2) is 0 Å². The van der Waals surface area contributed by atoms with Gasteiger partial charge in [0.1, 0.15) is 0 Å². The Morgan fingerprint density at radius 1 is 1.14 bits per heavy atom. The van der Waals surface area contributed by atoms with Crippen molar-refractivity contribution in [2.45, 2.75) is 44.4 Å². The van der Waals surface area contributed by atoms with Crippen LogP contribution in [0.3, 0.4) is 0 Å². The topological polar surface area (TPSA) is 0 Å². The molecule has 0 aliphatic rings. The fraction of sp³-hybridized carbons (Fsp3) is 0.538. The fourth-order valence-electron chi connectivity index (χ4n) is 1.51. The zero-order valence-corrected chi connectivity index (χ0v) is 10.7. The van der Waals surface area contributed by atoms with Crippen molar-refractivity contribution >= 4 is 15.9 Å². The molecule has 0 N–H and O–H groups in total. The molecule has 78 valence electrons. The summed E-state index contributed by atoms with van der Waals surface area (Å²) in [6.07, 6.45) is 4.94. The van der Waals surface area contributed by atoms with Gasteiger partial charge in [0, 0.05) is 4.83 Å². The van der Waals surface area contributed by atoms with Crippen molar-refractivity contribution in [2.75, 3.05) is 0 Å². The Morgan fingerprint density at radius 3 is 2.29 bits per heavy atom. The zero-order chi connectivity index (χ0) is 10.4. The van der Waals surface area contributed by atoms with Crippen LogP contribution in [0.15, 0.2) is 24.3 Å². The molecule has 0 aromatic heterocycles. The van der Waals surface area contributed by atoms with E-state index in [1.165, 1.54) is 30.4 Å². The van der Waals surface area contributed by atoms with Crippen LogP contribution in [0.2, 0.25) is 0 Å². The summed E-state index contributed by atoms with van der Waals surface area (Å²) in [5, 5.41) is 0. The largest absolute Gasteiger partial charge is 0.0839 e. The van der Waals surface area contributed by atoms with Gasteiger partial charge in [0.2, 0.25) is 0 Å². The summed E-state index contributed by atoms with van der Waals surface area (Å²) >= 11 is 3.66. The molecule has 0 heterocycles. The normalized spacial score (nSPS) is 12.8. The zero-order valence-electron chi connectivity index (χ0n) is 9.09. The number of hydrogen-bond acceptors (Lipinski definition) is 0. The Hall–Kier alpha value is -0.300. The average molecular weight is 255 g/mol. The number of rotatable bonds is 5. The van der Waals surface area contributed by atoms with Crippen molar-refractivity contribution in [3.63, 3.8) is 0 Å². The molecule has 0 bridgehead atoms. The fourth-order valence-corrected chi connectivity index (χ4v) is 1.81.